The molecule has 0 saturated heterocycles. The van der Waals surface area contributed by atoms with Gasteiger partial charge in [0.2, 0.25) is 0 Å². The monoisotopic (exact) mass is 556 g/mol. The van der Waals surface area contributed by atoms with Gasteiger partial charge in [0.05, 0.1) is 5.01 Å². The summed E-state index contributed by atoms with van der Waals surface area (Å²) >= 11 is 1.38. The zero-order valence-corrected chi connectivity index (χ0v) is 23.2. The van der Waals surface area contributed by atoms with Gasteiger partial charge in [0.1, 0.15) is 18.3 Å². The number of carbonyl (C=O) groups is 3. The van der Waals surface area contributed by atoms with Crippen molar-refractivity contribution in [3.63, 3.8) is 0 Å². The lowest BCUT2D eigenvalue weighted by Gasteiger charge is -2.20. The normalized spacial score (nSPS) is 11.5. The third kappa shape index (κ3) is 8.51. The number of hydrazine groups is 1. The minimum absolute atomic E-state index is 0.0861. The molecule has 40 heavy (non-hydrogen) atoms. The lowest BCUT2D eigenvalue weighted by Crippen LogP contribution is -2.52. The molecule has 9 heteroatoms. The molecule has 0 spiro atoms. The molecule has 8 nitrogen and oxygen atoms in total. The summed E-state index contributed by atoms with van der Waals surface area (Å²) in [6.45, 7) is 3.95. The van der Waals surface area contributed by atoms with Crippen molar-refractivity contribution in [2.45, 2.75) is 39.3 Å². The standard InChI is InChI=1S/C31H32N4O4S/c1-21(2)17-26(33-31(38)39-19-23-9-5-3-6-10-23)29(36)34-35-30(37)27-20-40-28(32-27)18-22-13-15-25(16-14-22)24-11-7-4-8-12-24/h3-16,20-21,26H,17-19H2,1-2H3,(H,33,38)(H,34,36)(H,35,37)/t26-/m1/s1. The molecule has 0 saturated carbocycles. The Bertz CT molecular complexity index is 1410. The molecule has 1 atom stereocenters. The number of hydrogen-bond acceptors (Lipinski definition) is 6. The smallest absolute Gasteiger partial charge is 0.408 e. The molecule has 0 bridgehead atoms. The average molecular weight is 557 g/mol. The number of amides is 3. The van der Waals surface area contributed by atoms with E-state index in [1.54, 1.807) is 5.38 Å². The van der Waals surface area contributed by atoms with Gasteiger partial charge in [0.25, 0.3) is 11.8 Å². The summed E-state index contributed by atoms with van der Waals surface area (Å²) in [5.41, 5.74) is 9.21. The van der Waals surface area contributed by atoms with Crippen LogP contribution in [0.3, 0.4) is 0 Å². The zero-order chi connectivity index (χ0) is 28.3. The van der Waals surface area contributed by atoms with Gasteiger partial charge in [0.15, 0.2) is 0 Å². The van der Waals surface area contributed by atoms with E-state index in [9.17, 15) is 14.4 Å². The molecule has 0 aliphatic carbocycles. The van der Waals surface area contributed by atoms with Crippen LogP contribution >= 0.6 is 11.3 Å². The van der Waals surface area contributed by atoms with Crippen molar-refractivity contribution in [3.8, 4) is 11.1 Å². The number of hydrogen-bond donors (Lipinski definition) is 3. The first-order chi connectivity index (χ1) is 19.4. The highest BCUT2D eigenvalue weighted by Crippen LogP contribution is 2.21. The van der Waals surface area contributed by atoms with Crippen molar-refractivity contribution >= 4 is 29.2 Å². The molecule has 3 N–H and O–H groups in total. The third-order valence-corrected chi connectivity index (χ3v) is 6.88. The van der Waals surface area contributed by atoms with Crippen molar-refractivity contribution in [2.24, 2.45) is 5.92 Å². The minimum atomic E-state index is -0.881. The maximum Gasteiger partial charge on any atom is 0.408 e. The summed E-state index contributed by atoms with van der Waals surface area (Å²) in [7, 11) is 0. The maximum atomic E-state index is 12.8. The van der Waals surface area contributed by atoms with Gasteiger partial charge in [-0.3, -0.25) is 20.4 Å². The minimum Gasteiger partial charge on any atom is -0.445 e. The fourth-order valence-corrected chi connectivity index (χ4v) is 4.80. The Morgan fingerprint density at radius 3 is 2.15 bits per heavy atom. The maximum absolute atomic E-state index is 12.8. The number of nitrogens with zero attached hydrogens (tertiary/aromatic N) is 1. The lowest BCUT2D eigenvalue weighted by molar-refractivity contribution is -0.124. The number of aromatic nitrogens is 1. The predicted octanol–water partition coefficient (Wildman–Crippen LogP) is 5.50. The van der Waals surface area contributed by atoms with Crippen LogP contribution in [0.5, 0.6) is 0 Å². The van der Waals surface area contributed by atoms with E-state index in [0.29, 0.717) is 12.8 Å². The molecule has 0 fully saturated rings. The van der Waals surface area contributed by atoms with Crippen LogP contribution in [0, 0.1) is 5.92 Å². The molecule has 3 amide bonds. The molecule has 206 valence electrons. The average Bonchev–Trinajstić information content (AvgIpc) is 3.44. The van der Waals surface area contributed by atoms with Crippen LogP contribution in [0.25, 0.3) is 11.1 Å². The Labute approximate surface area is 237 Å². The van der Waals surface area contributed by atoms with E-state index < -0.39 is 23.9 Å². The number of rotatable bonds is 10. The van der Waals surface area contributed by atoms with Crippen LogP contribution < -0.4 is 16.2 Å². The van der Waals surface area contributed by atoms with Crippen LogP contribution in [0.4, 0.5) is 4.79 Å². The Morgan fingerprint density at radius 1 is 0.825 bits per heavy atom. The second-order valence-electron chi connectivity index (χ2n) is 9.70. The largest absolute Gasteiger partial charge is 0.445 e. The summed E-state index contributed by atoms with van der Waals surface area (Å²) in [6.07, 6.45) is 0.244. The van der Waals surface area contributed by atoms with Crippen LogP contribution in [0.2, 0.25) is 0 Å². The summed E-state index contributed by atoms with van der Waals surface area (Å²) in [4.78, 5) is 42.2. The van der Waals surface area contributed by atoms with Gasteiger partial charge >= 0.3 is 6.09 Å². The molecule has 0 unspecified atom stereocenters. The Hall–Kier alpha value is -4.50. The van der Waals surface area contributed by atoms with Gasteiger partial charge < -0.3 is 10.1 Å². The lowest BCUT2D eigenvalue weighted by atomic mass is 10.0. The predicted molar refractivity (Wildman–Crippen MR) is 155 cm³/mol. The van der Waals surface area contributed by atoms with Crippen LogP contribution in [-0.4, -0.2) is 28.9 Å². The van der Waals surface area contributed by atoms with Gasteiger partial charge in [0, 0.05) is 11.8 Å². The van der Waals surface area contributed by atoms with Crippen LogP contribution in [0.1, 0.15) is 46.9 Å². The van der Waals surface area contributed by atoms with E-state index >= 15 is 0 Å². The molecule has 0 aliphatic rings. The first-order valence-electron chi connectivity index (χ1n) is 13.0. The number of ether oxygens (including phenoxy) is 1. The molecule has 3 aromatic carbocycles. The van der Waals surface area contributed by atoms with Crippen molar-refractivity contribution in [2.75, 3.05) is 0 Å². The molecule has 4 aromatic rings. The van der Waals surface area contributed by atoms with Crippen LogP contribution in [-0.2, 0) is 22.6 Å². The van der Waals surface area contributed by atoms with Gasteiger partial charge in [-0.05, 0) is 34.6 Å². The Morgan fingerprint density at radius 2 is 1.48 bits per heavy atom. The van der Waals surface area contributed by atoms with E-state index in [4.69, 9.17) is 4.74 Å². The quantitative estimate of drug-likeness (QED) is 0.223. The molecule has 4 rings (SSSR count). The second kappa shape index (κ2) is 14.0. The number of nitrogens with one attached hydrogen (secondary N) is 3. The fraction of sp³-hybridized carbons (Fsp3) is 0.226. The topological polar surface area (TPSA) is 109 Å². The molecule has 1 aromatic heterocycles. The van der Waals surface area contributed by atoms with E-state index in [1.807, 2.05) is 62.4 Å². The second-order valence-corrected chi connectivity index (χ2v) is 10.6. The van der Waals surface area contributed by atoms with Gasteiger partial charge in [-0.1, -0.05) is 98.8 Å². The van der Waals surface area contributed by atoms with Gasteiger partial charge in [-0.25, -0.2) is 9.78 Å². The van der Waals surface area contributed by atoms with Gasteiger partial charge in [-0.2, -0.15) is 0 Å². The number of thiazole rings is 1. The van der Waals surface area contributed by atoms with Crippen molar-refractivity contribution in [1.82, 2.24) is 21.2 Å². The van der Waals surface area contributed by atoms with Crippen LogP contribution in [0.15, 0.2) is 90.3 Å². The van der Waals surface area contributed by atoms with Crippen molar-refractivity contribution in [3.05, 3.63) is 112 Å². The highest BCUT2D eigenvalue weighted by atomic mass is 32.1. The summed E-state index contributed by atoms with van der Waals surface area (Å²) in [5.74, 6) is -0.971. The molecule has 0 aliphatic heterocycles. The zero-order valence-electron chi connectivity index (χ0n) is 22.4. The summed E-state index contributed by atoms with van der Waals surface area (Å²) < 4.78 is 5.24. The first kappa shape index (κ1) is 28.5. The molecule has 1 heterocycles. The van der Waals surface area contributed by atoms with E-state index in [-0.39, 0.29) is 18.2 Å². The molecule has 0 radical (unpaired) electrons. The van der Waals surface area contributed by atoms with Gasteiger partial charge in [-0.15, -0.1) is 11.3 Å². The van der Waals surface area contributed by atoms with Crippen molar-refractivity contribution < 1.29 is 19.1 Å². The number of alkyl carbamates (subject to hydrolysis) is 1. The highest BCUT2D eigenvalue weighted by Gasteiger charge is 2.23. The summed E-state index contributed by atoms with van der Waals surface area (Å²) in [6, 6.07) is 26.8. The van der Waals surface area contributed by atoms with E-state index in [2.05, 4.69) is 57.6 Å². The third-order valence-electron chi connectivity index (χ3n) is 6.03. The fourth-order valence-electron chi connectivity index (χ4n) is 4.00. The summed E-state index contributed by atoms with van der Waals surface area (Å²) in [5, 5.41) is 5.02. The number of carbonyl (C=O) groups excluding carboxylic acids is 3. The Balaban J connectivity index is 1.27. The number of benzene rings is 3. The highest BCUT2D eigenvalue weighted by molar-refractivity contribution is 7.09. The molecular formula is C31H32N4O4S. The Kier molecular flexibility index (Phi) is 10.0. The van der Waals surface area contributed by atoms with Crippen molar-refractivity contribution in [1.29, 1.82) is 0 Å². The van der Waals surface area contributed by atoms with E-state index in [0.717, 1.165) is 27.3 Å². The van der Waals surface area contributed by atoms with E-state index in [1.165, 1.54) is 11.3 Å². The first-order valence-corrected chi connectivity index (χ1v) is 13.9. The molecular weight excluding hydrogens is 524 g/mol. The SMILES string of the molecule is CC(C)C[C@@H](NC(=O)OCc1ccccc1)C(=O)NNC(=O)c1csc(Cc2ccc(-c3ccccc3)cc2)n1.